The van der Waals surface area contributed by atoms with E-state index in [0.717, 1.165) is 25.3 Å². The van der Waals surface area contributed by atoms with Crippen LogP contribution in [-0.2, 0) is 15.9 Å². The lowest BCUT2D eigenvalue weighted by Gasteiger charge is -2.31. The zero-order valence-electron chi connectivity index (χ0n) is 13.0. The molecule has 21 heavy (non-hydrogen) atoms. The summed E-state index contributed by atoms with van der Waals surface area (Å²) in [6.07, 6.45) is 2.10. The second-order valence-electron chi connectivity index (χ2n) is 4.92. The predicted molar refractivity (Wildman–Crippen MR) is 78.2 cm³/mol. The maximum Gasteiger partial charge on any atom is 0.341 e. The van der Waals surface area contributed by atoms with Gasteiger partial charge in [-0.2, -0.15) is 0 Å². The molecule has 1 unspecified atom stereocenters. The van der Waals surface area contributed by atoms with Crippen molar-refractivity contribution >= 4 is 5.97 Å². The van der Waals surface area contributed by atoms with E-state index in [1.807, 2.05) is 6.92 Å². The third-order valence-corrected chi connectivity index (χ3v) is 3.60. The molecular weight excluding hydrogens is 270 g/mol. The third kappa shape index (κ3) is 3.77. The van der Waals surface area contributed by atoms with Gasteiger partial charge in [0.2, 0.25) is 0 Å². The zero-order chi connectivity index (χ0) is 15.2. The van der Waals surface area contributed by atoms with Gasteiger partial charge in [-0.05, 0) is 19.9 Å². The smallest absolute Gasteiger partial charge is 0.341 e. The minimum atomic E-state index is -0.361. The summed E-state index contributed by atoms with van der Waals surface area (Å²) >= 11 is 0. The van der Waals surface area contributed by atoms with Crippen molar-refractivity contribution in [2.24, 2.45) is 0 Å². The Kier molecular flexibility index (Phi) is 5.64. The van der Waals surface area contributed by atoms with Gasteiger partial charge in [0.15, 0.2) is 5.82 Å². The van der Waals surface area contributed by atoms with Crippen LogP contribution in [0.5, 0.6) is 0 Å². The Morgan fingerprint density at radius 1 is 1.48 bits per heavy atom. The van der Waals surface area contributed by atoms with Gasteiger partial charge in [0, 0.05) is 19.3 Å². The zero-order valence-corrected chi connectivity index (χ0v) is 13.0. The van der Waals surface area contributed by atoms with Crippen LogP contribution in [0.25, 0.3) is 0 Å². The number of ether oxygens (including phenoxy) is 2. The van der Waals surface area contributed by atoms with Crippen molar-refractivity contribution in [2.45, 2.75) is 33.3 Å². The van der Waals surface area contributed by atoms with E-state index in [0.29, 0.717) is 31.0 Å². The lowest BCUT2D eigenvalue weighted by atomic mass is 10.1. The number of rotatable bonds is 5. The maximum atomic E-state index is 11.9. The summed E-state index contributed by atoms with van der Waals surface area (Å²) in [5.41, 5.74) is 1.17. The molecule has 6 heteroatoms. The Bertz CT molecular complexity index is 493. The number of hydrogen-bond donors (Lipinski definition) is 0. The molecule has 2 heterocycles. The van der Waals surface area contributed by atoms with E-state index in [1.54, 1.807) is 13.1 Å². The number of likely N-dealkylation sites (N-methyl/N-ethyl adjacent to an activating group) is 1. The summed E-state index contributed by atoms with van der Waals surface area (Å²) in [6, 6.07) is 0. The predicted octanol–water partition coefficient (Wildman–Crippen LogP) is 1.61. The van der Waals surface area contributed by atoms with Gasteiger partial charge in [-0.25, -0.2) is 14.8 Å². The van der Waals surface area contributed by atoms with Crippen LogP contribution in [0.1, 0.15) is 48.8 Å². The van der Waals surface area contributed by atoms with Gasteiger partial charge in [0.05, 0.1) is 24.5 Å². The summed E-state index contributed by atoms with van der Waals surface area (Å²) in [5, 5.41) is 0. The highest BCUT2D eigenvalue weighted by molar-refractivity contribution is 5.90. The number of morpholine rings is 1. The Morgan fingerprint density at radius 3 is 2.95 bits per heavy atom. The minimum absolute atomic E-state index is 0.125. The number of carbonyl (C=O) groups is 1. The van der Waals surface area contributed by atoms with Crippen LogP contribution >= 0.6 is 0 Å². The highest BCUT2D eigenvalue weighted by Crippen LogP contribution is 2.20. The van der Waals surface area contributed by atoms with Gasteiger partial charge < -0.3 is 9.47 Å². The summed E-state index contributed by atoms with van der Waals surface area (Å²) in [4.78, 5) is 23.0. The van der Waals surface area contributed by atoms with Crippen molar-refractivity contribution in [2.75, 3.05) is 32.8 Å². The average molecular weight is 293 g/mol. The molecule has 0 aromatic carbocycles. The molecule has 1 aliphatic rings. The van der Waals surface area contributed by atoms with Gasteiger partial charge in [-0.1, -0.05) is 13.8 Å². The van der Waals surface area contributed by atoms with E-state index in [9.17, 15) is 4.79 Å². The molecule has 1 fully saturated rings. The van der Waals surface area contributed by atoms with Crippen molar-refractivity contribution in [3.63, 3.8) is 0 Å². The molecule has 2 rings (SSSR count). The maximum absolute atomic E-state index is 11.9. The molecule has 6 nitrogen and oxygen atoms in total. The van der Waals surface area contributed by atoms with Crippen molar-refractivity contribution in [3.8, 4) is 0 Å². The number of nitrogens with zero attached hydrogens (tertiary/aromatic N) is 3. The summed E-state index contributed by atoms with van der Waals surface area (Å²) in [5.74, 6) is 0.290. The van der Waals surface area contributed by atoms with Crippen molar-refractivity contribution < 1.29 is 14.3 Å². The molecule has 0 amide bonds. The second kappa shape index (κ2) is 7.47. The topological polar surface area (TPSA) is 64.5 Å². The van der Waals surface area contributed by atoms with Gasteiger partial charge in [0.25, 0.3) is 0 Å². The Balaban J connectivity index is 2.20. The normalized spacial score (nSPS) is 19.5. The van der Waals surface area contributed by atoms with Crippen LogP contribution in [-0.4, -0.2) is 53.7 Å². The minimum Gasteiger partial charge on any atom is -0.462 e. The van der Waals surface area contributed by atoms with Gasteiger partial charge in [-0.3, -0.25) is 4.90 Å². The van der Waals surface area contributed by atoms with Crippen LogP contribution in [0.15, 0.2) is 6.20 Å². The monoisotopic (exact) mass is 293 g/mol. The Labute approximate surface area is 125 Å². The van der Waals surface area contributed by atoms with Crippen LogP contribution < -0.4 is 0 Å². The molecule has 1 saturated heterocycles. The van der Waals surface area contributed by atoms with Crippen molar-refractivity contribution in [1.29, 1.82) is 0 Å². The fourth-order valence-corrected chi connectivity index (χ4v) is 2.38. The molecule has 1 atom stereocenters. The lowest BCUT2D eigenvalue weighted by Crippen LogP contribution is -2.38. The van der Waals surface area contributed by atoms with Crippen LogP contribution in [0, 0.1) is 0 Å². The van der Waals surface area contributed by atoms with Crippen LogP contribution in [0.3, 0.4) is 0 Å². The fourth-order valence-electron chi connectivity index (χ4n) is 2.38. The first-order valence-electron chi connectivity index (χ1n) is 7.56. The number of aryl methyl sites for hydroxylation is 1. The SMILES string of the molecule is CCOC(=O)c1cnc(C2CN(CC)CCO2)nc1CC. The number of esters is 1. The molecule has 1 aliphatic heterocycles. The van der Waals surface area contributed by atoms with E-state index < -0.39 is 0 Å². The number of hydrogen-bond acceptors (Lipinski definition) is 6. The molecule has 116 valence electrons. The summed E-state index contributed by atoms with van der Waals surface area (Å²) < 4.78 is 10.8. The molecule has 0 radical (unpaired) electrons. The van der Waals surface area contributed by atoms with Gasteiger partial charge >= 0.3 is 5.97 Å². The molecule has 0 bridgehead atoms. The quantitative estimate of drug-likeness (QED) is 0.769. The molecule has 1 aromatic heterocycles. The molecular formula is C15H23N3O3. The molecule has 0 N–H and O–H groups in total. The van der Waals surface area contributed by atoms with Crippen molar-refractivity contribution in [1.82, 2.24) is 14.9 Å². The molecule has 0 spiro atoms. The first-order chi connectivity index (χ1) is 10.2. The largest absolute Gasteiger partial charge is 0.462 e. The highest BCUT2D eigenvalue weighted by atomic mass is 16.5. The van der Waals surface area contributed by atoms with Crippen molar-refractivity contribution in [3.05, 3.63) is 23.3 Å². The number of aromatic nitrogens is 2. The molecule has 0 saturated carbocycles. The number of carbonyl (C=O) groups excluding carboxylic acids is 1. The Morgan fingerprint density at radius 2 is 2.29 bits per heavy atom. The third-order valence-electron chi connectivity index (χ3n) is 3.60. The second-order valence-corrected chi connectivity index (χ2v) is 4.92. The average Bonchev–Trinajstić information content (AvgIpc) is 2.54. The standard InChI is InChI=1S/C15H23N3O3/c1-4-12-11(15(19)20-6-3)9-16-14(17-12)13-10-18(5-2)7-8-21-13/h9,13H,4-8,10H2,1-3H3. The molecule has 0 aliphatic carbocycles. The molecule has 1 aromatic rings. The summed E-state index contributed by atoms with van der Waals surface area (Å²) in [7, 11) is 0. The summed E-state index contributed by atoms with van der Waals surface area (Å²) in [6.45, 7) is 9.63. The Hall–Kier alpha value is -1.53. The van der Waals surface area contributed by atoms with Crippen LogP contribution in [0.2, 0.25) is 0 Å². The van der Waals surface area contributed by atoms with E-state index in [1.165, 1.54) is 0 Å². The van der Waals surface area contributed by atoms with E-state index in [-0.39, 0.29) is 12.1 Å². The van der Waals surface area contributed by atoms with Gasteiger partial charge in [-0.15, -0.1) is 0 Å². The van der Waals surface area contributed by atoms with Crippen LogP contribution in [0.4, 0.5) is 0 Å². The first kappa shape index (κ1) is 15.9. The van der Waals surface area contributed by atoms with Gasteiger partial charge in [0.1, 0.15) is 6.10 Å². The lowest BCUT2D eigenvalue weighted by molar-refractivity contribution is -0.0327. The van der Waals surface area contributed by atoms with E-state index >= 15 is 0 Å². The van der Waals surface area contributed by atoms with E-state index in [4.69, 9.17) is 9.47 Å². The first-order valence-corrected chi connectivity index (χ1v) is 7.56. The fraction of sp³-hybridized carbons (Fsp3) is 0.667. The van der Waals surface area contributed by atoms with E-state index in [2.05, 4.69) is 21.8 Å². The highest BCUT2D eigenvalue weighted by Gasteiger charge is 2.25.